The summed E-state index contributed by atoms with van der Waals surface area (Å²) in [6, 6.07) is 5.89. The van der Waals surface area contributed by atoms with Crippen LogP contribution in [0.25, 0.3) is 0 Å². The summed E-state index contributed by atoms with van der Waals surface area (Å²) >= 11 is 0. The number of hydrogen-bond acceptors (Lipinski definition) is 21. The molecule has 11 rings (SSSR count). The van der Waals surface area contributed by atoms with Crippen molar-refractivity contribution >= 4 is 5.84 Å². The van der Waals surface area contributed by atoms with Crippen molar-refractivity contribution in [1.82, 2.24) is 129 Å². The highest BCUT2D eigenvalue weighted by atomic mass is 16.5. The first kappa shape index (κ1) is 54.9. The fourth-order valence-corrected chi connectivity index (χ4v) is 3.16. The van der Waals surface area contributed by atoms with Gasteiger partial charge in [-0.3, -0.25) is 19.1 Å². The summed E-state index contributed by atoms with van der Waals surface area (Å²) in [5, 5.41) is 59.8. The first-order valence-corrected chi connectivity index (χ1v) is 19.0. The molecule has 0 atom stereocenters. The monoisotopic (exact) mass is 912 g/mol. The van der Waals surface area contributed by atoms with Gasteiger partial charge in [-0.15, -0.1) is 35.7 Å². The lowest BCUT2D eigenvalue weighted by molar-refractivity contribution is 0.393. The fourth-order valence-electron chi connectivity index (χ4n) is 3.16. The number of amidine groups is 1. The topological polar surface area (TPSA) is 325 Å². The van der Waals surface area contributed by atoms with Crippen molar-refractivity contribution < 1.29 is 4.52 Å². The molecule has 0 aliphatic carbocycles. The van der Waals surface area contributed by atoms with Crippen LogP contribution in [0.2, 0.25) is 0 Å². The number of azo groups is 1. The zero-order valence-corrected chi connectivity index (χ0v) is 38.8. The Kier molecular flexibility index (Phi) is 30.4. The summed E-state index contributed by atoms with van der Waals surface area (Å²) in [6.07, 6.45) is 30.5. The molecule has 30 heteroatoms. The molecule has 11 heterocycles. The van der Waals surface area contributed by atoms with Gasteiger partial charge in [-0.1, -0.05) is 5.21 Å². The first-order chi connectivity index (χ1) is 31.8. The zero-order valence-electron chi connectivity index (χ0n) is 38.8. The molecule has 0 spiro atoms. The second-order valence-electron chi connectivity index (χ2n) is 12.2. The van der Waals surface area contributed by atoms with Crippen molar-refractivity contribution in [3.05, 3.63) is 142 Å². The lowest BCUT2D eigenvalue weighted by Crippen LogP contribution is -1.90. The van der Waals surface area contributed by atoms with Crippen molar-refractivity contribution in [1.29, 1.82) is 0 Å². The van der Waals surface area contributed by atoms with Gasteiger partial charge in [0.05, 0.1) is 32.0 Å². The first-order valence-electron chi connectivity index (χ1n) is 19.0. The molecule has 0 amide bonds. The normalized spacial score (nSPS) is 9.71. The van der Waals surface area contributed by atoms with Gasteiger partial charge < -0.3 is 18.2 Å². The van der Waals surface area contributed by atoms with E-state index in [2.05, 4.69) is 112 Å². The third-order valence-electron chi connectivity index (χ3n) is 6.21. The van der Waals surface area contributed by atoms with E-state index in [-0.39, 0.29) is 0 Å². The number of aryl methyl sites for hydroxylation is 10. The molecule has 352 valence electrons. The summed E-state index contributed by atoms with van der Waals surface area (Å²) in [7, 11) is 14.8. The Bertz CT molecular complexity index is 1880. The van der Waals surface area contributed by atoms with Gasteiger partial charge in [-0.05, 0) is 44.2 Å². The largest absolute Gasteiger partial charge is 0.357 e. The second-order valence-corrected chi connectivity index (χ2v) is 12.2. The van der Waals surface area contributed by atoms with Gasteiger partial charge in [0.15, 0.2) is 13.0 Å². The Labute approximate surface area is 380 Å². The molecule has 0 radical (unpaired) electrons. The average Bonchev–Trinajstić information content (AvgIpc) is 4.13. The highest BCUT2D eigenvalue weighted by molar-refractivity contribution is 5.80. The molecule has 1 aliphatic heterocycles. The number of H-pyrrole nitrogens is 1. The molecule has 0 fully saturated rings. The molecule has 10 aromatic rings. The van der Waals surface area contributed by atoms with Gasteiger partial charge in [0.25, 0.3) is 0 Å². The van der Waals surface area contributed by atoms with Crippen molar-refractivity contribution in [2.45, 2.75) is 20.8 Å². The minimum absolute atomic E-state index is 0.534. The van der Waals surface area contributed by atoms with Crippen LogP contribution in [0.5, 0.6) is 0 Å². The third-order valence-corrected chi connectivity index (χ3v) is 6.21. The maximum atomic E-state index is 4.35. The molecule has 30 nitrogen and oxygen atoms in total. The van der Waals surface area contributed by atoms with E-state index in [0.29, 0.717) is 6.67 Å². The van der Waals surface area contributed by atoms with Gasteiger partial charge in [0.1, 0.15) is 55.3 Å². The van der Waals surface area contributed by atoms with E-state index >= 15 is 0 Å². The van der Waals surface area contributed by atoms with Crippen molar-refractivity contribution in [3.8, 4) is 0 Å². The molecule has 0 bridgehead atoms. The Balaban J connectivity index is 0.000000363. The fraction of sp³-hybridized carbons (Fsp3) is 0.333. The van der Waals surface area contributed by atoms with E-state index in [1.807, 2.05) is 115 Å². The standard InChI is InChI=1S/C5H7N.2C4H6N2.6C3H5N3.C3H4N2O.C2H4N4/c1-6-4-2-3-5-6;1-6-3-2-5-4-6;1-6-4-2-3-5-6;1-6-2-4-5-3-6;1-6-3-4-2-5-6;1-6-3-2-4-5-6;1-6-4-2-3-5-6;2*1-3-4-2-5-6-3;1-3-2-6-5-4-3;1-6-4-2-3-5-6/h2-5H,1H3;2*2-4H,1H3;4*2-3H,1H3;2H2,1H3;2H,1H3,(H,4,5,6);2*2H,1H3. The molecule has 0 aromatic carbocycles. The highest BCUT2D eigenvalue weighted by Crippen LogP contribution is 1.90. The molecular weight excluding hydrogens is 855 g/mol. The van der Waals surface area contributed by atoms with Gasteiger partial charge in [-0.25, -0.2) is 19.9 Å². The summed E-state index contributed by atoms with van der Waals surface area (Å²) < 4.78 is 15.0. The highest BCUT2D eigenvalue weighted by Gasteiger charge is 1.88. The number of nitrogens with one attached hydrogen (secondary N) is 1. The minimum atomic E-state index is 0.534. The molecule has 0 unspecified atom stereocenters. The Hall–Kier alpha value is -9.12. The van der Waals surface area contributed by atoms with Crippen LogP contribution >= 0.6 is 0 Å². The van der Waals surface area contributed by atoms with Crippen molar-refractivity contribution in [2.75, 3.05) is 6.67 Å². The second kappa shape index (κ2) is 36.5. The number of imidazole rings is 1. The number of tetrazole rings is 1. The van der Waals surface area contributed by atoms with Crippen LogP contribution in [-0.2, 0) is 56.4 Å². The Morgan fingerprint density at radius 3 is 1.45 bits per heavy atom. The minimum Gasteiger partial charge on any atom is -0.357 e. The van der Waals surface area contributed by atoms with Gasteiger partial charge in [-0.2, -0.15) is 40.2 Å². The predicted octanol–water partition coefficient (Wildman–Crippen LogP) is 1.66. The molecule has 66 heavy (non-hydrogen) atoms. The molecule has 10 aromatic heterocycles. The maximum absolute atomic E-state index is 4.35. The molecule has 0 saturated heterocycles. The van der Waals surface area contributed by atoms with Crippen LogP contribution in [0.4, 0.5) is 0 Å². The van der Waals surface area contributed by atoms with Crippen molar-refractivity contribution in [2.24, 2.45) is 71.6 Å². The number of nitrogens with zero attached hydrogens (tertiary/aromatic N) is 28. The van der Waals surface area contributed by atoms with Crippen LogP contribution in [0.3, 0.4) is 0 Å². The number of aromatic amines is 1. The van der Waals surface area contributed by atoms with E-state index < -0.39 is 0 Å². The van der Waals surface area contributed by atoms with Crippen LogP contribution in [0.15, 0.2) is 150 Å². The van der Waals surface area contributed by atoms with Gasteiger partial charge >= 0.3 is 0 Å². The summed E-state index contributed by atoms with van der Waals surface area (Å²) in [5.41, 5.74) is 0.815. The van der Waals surface area contributed by atoms with E-state index in [9.17, 15) is 0 Å². The lowest BCUT2D eigenvalue weighted by atomic mass is 10.6. The SMILES string of the molecule is CC1=NCN=N1.Cc1conn1.Cc1ncn[nH]1.Cn1cccc1.Cn1cccn1.Cn1ccnc1.Cn1ccnn1.Cn1cncn1.Cn1cnnc1.Cn1nccn1.Cn1ncnn1. The van der Waals surface area contributed by atoms with E-state index in [4.69, 9.17) is 0 Å². The average molecular weight is 912 g/mol. The molecule has 0 saturated carbocycles. The van der Waals surface area contributed by atoms with Crippen LogP contribution in [0.1, 0.15) is 18.4 Å². The smallest absolute Gasteiger partial charge is 0.162 e. The molecular formula is C36H57N29O. The van der Waals surface area contributed by atoms with Crippen LogP contribution in [-0.4, -0.2) is 142 Å². The number of hydrogen-bond donors (Lipinski definition) is 1. The van der Waals surface area contributed by atoms with E-state index in [1.165, 1.54) is 34.8 Å². The van der Waals surface area contributed by atoms with Crippen LogP contribution in [0, 0.1) is 13.8 Å². The summed E-state index contributed by atoms with van der Waals surface area (Å²) in [4.78, 5) is 17.9. The van der Waals surface area contributed by atoms with Gasteiger partial charge in [0.2, 0.25) is 0 Å². The third kappa shape index (κ3) is 34.6. The zero-order chi connectivity index (χ0) is 48.5. The summed E-state index contributed by atoms with van der Waals surface area (Å²) in [6.45, 7) is 6.03. The molecule has 1 N–H and O–H groups in total. The number of rotatable bonds is 0. The van der Waals surface area contributed by atoms with E-state index in [0.717, 1.165) is 17.4 Å². The Morgan fingerprint density at radius 2 is 1.29 bits per heavy atom. The maximum Gasteiger partial charge on any atom is 0.162 e. The number of aromatic nitrogens is 26. The van der Waals surface area contributed by atoms with Crippen LogP contribution < -0.4 is 0 Å². The van der Waals surface area contributed by atoms with Gasteiger partial charge in [0, 0.05) is 98.0 Å². The summed E-state index contributed by atoms with van der Waals surface area (Å²) in [5.74, 6) is 1.64. The van der Waals surface area contributed by atoms with Crippen molar-refractivity contribution in [3.63, 3.8) is 0 Å². The quantitative estimate of drug-likeness (QED) is 0.226. The predicted molar refractivity (Wildman–Crippen MR) is 238 cm³/mol. The lowest BCUT2D eigenvalue weighted by Gasteiger charge is -1.79. The molecule has 1 aliphatic rings. The number of aliphatic imine (C=N–C) groups is 1. The van der Waals surface area contributed by atoms with E-state index in [1.54, 1.807) is 95.2 Å². The Morgan fingerprint density at radius 1 is 0.545 bits per heavy atom.